The minimum Gasteiger partial charge on any atom is -0.353 e. The van der Waals surface area contributed by atoms with Gasteiger partial charge in [-0.15, -0.1) is 0 Å². The summed E-state index contributed by atoms with van der Waals surface area (Å²) in [7, 11) is 0. The van der Waals surface area contributed by atoms with E-state index in [0.717, 1.165) is 18.3 Å². The lowest BCUT2D eigenvalue weighted by Gasteiger charge is -2.44. The van der Waals surface area contributed by atoms with E-state index < -0.39 is 0 Å². The molecule has 0 bridgehead atoms. The molecule has 3 heteroatoms. The second-order valence-electron chi connectivity index (χ2n) is 5.44. The van der Waals surface area contributed by atoms with Crippen LogP contribution in [0, 0.1) is 17.2 Å². The Kier molecular flexibility index (Phi) is 3.19. The first kappa shape index (κ1) is 11.5. The Morgan fingerprint density at radius 1 is 1.17 bits per heavy atom. The summed E-state index contributed by atoms with van der Waals surface area (Å²) in [6, 6.07) is 8.59. The highest BCUT2D eigenvalue weighted by Crippen LogP contribution is 2.37. The molecule has 94 valence electrons. The van der Waals surface area contributed by atoms with Crippen LogP contribution in [0.5, 0.6) is 0 Å². The lowest BCUT2D eigenvalue weighted by Crippen LogP contribution is -2.47. The van der Waals surface area contributed by atoms with Crippen molar-refractivity contribution in [2.45, 2.75) is 44.6 Å². The van der Waals surface area contributed by atoms with Crippen molar-refractivity contribution in [1.82, 2.24) is 4.98 Å². The van der Waals surface area contributed by atoms with Gasteiger partial charge < -0.3 is 4.90 Å². The maximum Gasteiger partial charge on any atom is 0.142 e. The molecule has 2 heterocycles. The van der Waals surface area contributed by atoms with Crippen LogP contribution >= 0.6 is 0 Å². The summed E-state index contributed by atoms with van der Waals surface area (Å²) in [6.07, 6.45) is 8.04. The van der Waals surface area contributed by atoms with Gasteiger partial charge in [0.2, 0.25) is 0 Å². The Morgan fingerprint density at radius 2 is 2.00 bits per heavy atom. The van der Waals surface area contributed by atoms with Crippen molar-refractivity contribution in [3.05, 3.63) is 23.9 Å². The van der Waals surface area contributed by atoms with Crippen molar-refractivity contribution in [2.75, 3.05) is 11.4 Å². The number of nitrogens with zero attached hydrogens (tertiary/aromatic N) is 3. The fourth-order valence-corrected chi connectivity index (χ4v) is 3.55. The van der Waals surface area contributed by atoms with Gasteiger partial charge >= 0.3 is 0 Å². The standard InChI is InChI=1S/C15H19N3/c16-11-13-7-3-9-15(17-13)18-10-4-6-12-5-1-2-8-14(12)18/h3,7,9,12,14H,1-2,4-6,8,10H2. The molecule has 1 saturated heterocycles. The summed E-state index contributed by atoms with van der Waals surface area (Å²) >= 11 is 0. The van der Waals surface area contributed by atoms with E-state index in [-0.39, 0.29) is 0 Å². The number of pyridine rings is 1. The first-order valence-corrected chi connectivity index (χ1v) is 7.02. The third kappa shape index (κ3) is 2.08. The summed E-state index contributed by atoms with van der Waals surface area (Å²) < 4.78 is 0. The van der Waals surface area contributed by atoms with Crippen LogP contribution in [0.2, 0.25) is 0 Å². The maximum atomic E-state index is 8.96. The summed E-state index contributed by atoms with van der Waals surface area (Å²) in [6.45, 7) is 1.10. The number of anilines is 1. The number of nitriles is 1. The number of piperidine rings is 1. The van der Waals surface area contributed by atoms with Crippen molar-refractivity contribution in [3.63, 3.8) is 0 Å². The van der Waals surface area contributed by atoms with Gasteiger partial charge in [-0.25, -0.2) is 4.98 Å². The zero-order chi connectivity index (χ0) is 12.4. The van der Waals surface area contributed by atoms with Gasteiger partial charge in [-0.2, -0.15) is 5.26 Å². The van der Waals surface area contributed by atoms with Crippen LogP contribution < -0.4 is 4.90 Å². The van der Waals surface area contributed by atoms with Crippen LogP contribution in [-0.4, -0.2) is 17.6 Å². The number of fused-ring (bicyclic) bond motifs is 1. The molecular formula is C15H19N3. The zero-order valence-corrected chi connectivity index (χ0v) is 10.7. The van der Waals surface area contributed by atoms with Gasteiger partial charge in [-0.05, 0) is 43.7 Å². The van der Waals surface area contributed by atoms with Gasteiger partial charge in [0.05, 0.1) is 0 Å². The molecule has 0 aromatic carbocycles. The van der Waals surface area contributed by atoms with E-state index in [9.17, 15) is 0 Å². The molecule has 2 unspecified atom stereocenters. The van der Waals surface area contributed by atoms with Crippen LogP contribution in [-0.2, 0) is 0 Å². The molecule has 3 nitrogen and oxygen atoms in total. The smallest absolute Gasteiger partial charge is 0.142 e. The Balaban J connectivity index is 1.87. The lowest BCUT2D eigenvalue weighted by atomic mass is 9.78. The van der Waals surface area contributed by atoms with Gasteiger partial charge in [-0.1, -0.05) is 18.9 Å². The first-order chi connectivity index (χ1) is 8.88. The molecule has 2 fully saturated rings. The highest BCUT2D eigenvalue weighted by molar-refractivity contribution is 5.43. The fourth-order valence-electron chi connectivity index (χ4n) is 3.55. The van der Waals surface area contributed by atoms with Crippen LogP contribution in [0.15, 0.2) is 18.2 Å². The minimum atomic E-state index is 0.533. The summed E-state index contributed by atoms with van der Waals surface area (Å²) in [4.78, 5) is 6.92. The molecule has 18 heavy (non-hydrogen) atoms. The van der Waals surface area contributed by atoms with Crippen molar-refractivity contribution in [3.8, 4) is 6.07 Å². The van der Waals surface area contributed by atoms with Gasteiger partial charge in [0.15, 0.2) is 0 Å². The fraction of sp³-hybridized carbons (Fsp3) is 0.600. The van der Waals surface area contributed by atoms with Crippen molar-refractivity contribution in [1.29, 1.82) is 5.26 Å². The second kappa shape index (κ2) is 4.97. The highest BCUT2D eigenvalue weighted by atomic mass is 15.2. The number of hydrogen-bond donors (Lipinski definition) is 0. The van der Waals surface area contributed by atoms with E-state index in [1.807, 2.05) is 6.07 Å². The lowest BCUT2D eigenvalue weighted by molar-refractivity contribution is 0.242. The van der Waals surface area contributed by atoms with Crippen LogP contribution in [0.3, 0.4) is 0 Å². The molecule has 1 aromatic heterocycles. The SMILES string of the molecule is N#Cc1cccc(N2CCCC3CCCCC32)n1. The molecule has 0 N–H and O–H groups in total. The Bertz CT molecular complexity index is 461. The summed E-state index contributed by atoms with van der Waals surface area (Å²) in [5.41, 5.74) is 0.533. The second-order valence-corrected chi connectivity index (χ2v) is 5.44. The maximum absolute atomic E-state index is 8.96. The van der Waals surface area contributed by atoms with Gasteiger partial charge in [0.25, 0.3) is 0 Å². The Morgan fingerprint density at radius 3 is 2.89 bits per heavy atom. The highest BCUT2D eigenvalue weighted by Gasteiger charge is 2.33. The average molecular weight is 241 g/mol. The van der Waals surface area contributed by atoms with Gasteiger partial charge in [-0.3, -0.25) is 0 Å². The third-order valence-electron chi connectivity index (χ3n) is 4.39. The van der Waals surface area contributed by atoms with E-state index in [1.54, 1.807) is 6.07 Å². The van der Waals surface area contributed by atoms with E-state index in [2.05, 4.69) is 22.0 Å². The van der Waals surface area contributed by atoms with Gasteiger partial charge in [0, 0.05) is 12.6 Å². The molecular weight excluding hydrogens is 222 g/mol. The van der Waals surface area contributed by atoms with Crippen LogP contribution in [0.4, 0.5) is 5.82 Å². The number of hydrogen-bond acceptors (Lipinski definition) is 3. The Labute approximate surface area is 108 Å². The van der Waals surface area contributed by atoms with E-state index in [0.29, 0.717) is 11.7 Å². The minimum absolute atomic E-state index is 0.533. The molecule has 2 aliphatic rings. The molecule has 2 atom stereocenters. The summed E-state index contributed by atoms with van der Waals surface area (Å²) in [5.74, 6) is 1.85. The quantitative estimate of drug-likeness (QED) is 0.758. The topological polar surface area (TPSA) is 39.9 Å². The molecule has 0 radical (unpaired) electrons. The van der Waals surface area contributed by atoms with E-state index in [1.165, 1.54) is 38.5 Å². The normalized spacial score (nSPS) is 27.4. The van der Waals surface area contributed by atoms with E-state index >= 15 is 0 Å². The molecule has 1 saturated carbocycles. The Hall–Kier alpha value is -1.56. The largest absolute Gasteiger partial charge is 0.353 e. The monoisotopic (exact) mass is 241 g/mol. The molecule has 0 amide bonds. The number of aromatic nitrogens is 1. The third-order valence-corrected chi connectivity index (χ3v) is 4.39. The van der Waals surface area contributed by atoms with Crippen LogP contribution in [0.25, 0.3) is 0 Å². The zero-order valence-electron chi connectivity index (χ0n) is 10.7. The van der Waals surface area contributed by atoms with Crippen LogP contribution in [0.1, 0.15) is 44.2 Å². The van der Waals surface area contributed by atoms with Gasteiger partial charge in [0.1, 0.15) is 17.6 Å². The average Bonchev–Trinajstić information content (AvgIpc) is 2.47. The molecule has 3 rings (SSSR count). The molecule has 0 spiro atoms. The van der Waals surface area contributed by atoms with E-state index in [4.69, 9.17) is 5.26 Å². The number of rotatable bonds is 1. The molecule has 1 aromatic rings. The van der Waals surface area contributed by atoms with Crippen molar-refractivity contribution in [2.24, 2.45) is 5.92 Å². The predicted octanol–water partition coefficient (Wildman–Crippen LogP) is 3.11. The van der Waals surface area contributed by atoms with Crippen molar-refractivity contribution >= 4 is 5.82 Å². The predicted molar refractivity (Wildman–Crippen MR) is 71.3 cm³/mol. The molecule has 1 aliphatic heterocycles. The molecule has 1 aliphatic carbocycles. The van der Waals surface area contributed by atoms with Crippen molar-refractivity contribution < 1.29 is 0 Å². The first-order valence-electron chi connectivity index (χ1n) is 7.02. The summed E-state index contributed by atoms with van der Waals surface area (Å²) in [5, 5.41) is 8.96.